The minimum atomic E-state index is -0.155. The van der Waals surface area contributed by atoms with Gasteiger partial charge in [0.25, 0.3) is 0 Å². The summed E-state index contributed by atoms with van der Waals surface area (Å²) >= 11 is 1.79. The van der Waals surface area contributed by atoms with Crippen molar-refractivity contribution >= 4 is 17.7 Å². The topological polar surface area (TPSA) is 41.1 Å². The molecular weight excluding hydrogens is 208 g/mol. The van der Waals surface area contributed by atoms with E-state index in [1.807, 2.05) is 0 Å². The first kappa shape index (κ1) is 12.8. The highest BCUT2D eigenvalue weighted by Gasteiger charge is 2.36. The summed E-state index contributed by atoms with van der Waals surface area (Å²) in [6.07, 6.45) is 3.21. The van der Waals surface area contributed by atoms with Gasteiger partial charge in [0.1, 0.15) is 0 Å². The van der Waals surface area contributed by atoms with E-state index in [4.69, 9.17) is 0 Å². The lowest BCUT2D eigenvalue weighted by Crippen LogP contribution is -2.41. The van der Waals surface area contributed by atoms with Gasteiger partial charge < -0.3 is 10.6 Å². The fourth-order valence-corrected chi connectivity index (χ4v) is 2.97. The highest BCUT2D eigenvalue weighted by Crippen LogP contribution is 2.37. The maximum atomic E-state index is 11.8. The second-order valence-corrected chi connectivity index (χ2v) is 5.74. The van der Waals surface area contributed by atoms with Crippen molar-refractivity contribution in [1.29, 1.82) is 0 Å². The Morgan fingerprint density at radius 3 is 2.87 bits per heavy atom. The summed E-state index contributed by atoms with van der Waals surface area (Å²) in [5.41, 5.74) is 0. The van der Waals surface area contributed by atoms with Gasteiger partial charge in [0.05, 0.1) is 4.75 Å². The van der Waals surface area contributed by atoms with Crippen molar-refractivity contribution < 1.29 is 4.79 Å². The molecule has 1 atom stereocenters. The molecule has 1 amide bonds. The molecule has 1 fully saturated rings. The maximum absolute atomic E-state index is 11.8. The van der Waals surface area contributed by atoms with Crippen LogP contribution in [0.3, 0.4) is 0 Å². The molecule has 0 aromatic heterocycles. The average molecular weight is 230 g/mol. The van der Waals surface area contributed by atoms with Crippen LogP contribution >= 0.6 is 11.8 Å². The van der Waals surface area contributed by atoms with Crippen LogP contribution in [0.25, 0.3) is 0 Å². The van der Waals surface area contributed by atoms with Gasteiger partial charge in [-0.15, -0.1) is 11.8 Å². The van der Waals surface area contributed by atoms with Crippen molar-refractivity contribution in [2.24, 2.45) is 0 Å². The average Bonchev–Trinajstić information content (AvgIpc) is 2.66. The Labute approximate surface area is 96.8 Å². The largest absolute Gasteiger partial charge is 0.355 e. The second kappa shape index (κ2) is 6.38. The quantitative estimate of drug-likeness (QED) is 0.678. The van der Waals surface area contributed by atoms with Crippen molar-refractivity contribution in [2.45, 2.75) is 37.9 Å². The third-order valence-corrected chi connectivity index (χ3v) is 4.28. The van der Waals surface area contributed by atoms with Gasteiger partial charge in [0.15, 0.2) is 0 Å². The van der Waals surface area contributed by atoms with Crippen LogP contribution in [0, 0.1) is 0 Å². The number of carbonyl (C=O) groups excluding carboxylic acids is 1. The van der Waals surface area contributed by atoms with E-state index in [-0.39, 0.29) is 10.7 Å². The van der Waals surface area contributed by atoms with Crippen molar-refractivity contribution in [3.8, 4) is 0 Å². The summed E-state index contributed by atoms with van der Waals surface area (Å²) in [6.45, 7) is 6.93. The monoisotopic (exact) mass is 230 g/mol. The van der Waals surface area contributed by atoms with E-state index in [1.165, 1.54) is 6.42 Å². The van der Waals surface area contributed by atoms with E-state index in [0.29, 0.717) is 0 Å². The van der Waals surface area contributed by atoms with Crippen molar-refractivity contribution in [3.05, 3.63) is 0 Å². The molecule has 0 bridgehead atoms. The number of amides is 1. The molecule has 0 saturated carbocycles. The highest BCUT2D eigenvalue weighted by molar-refractivity contribution is 8.01. The summed E-state index contributed by atoms with van der Waals surface area (Å²) in [5, 5.41) is 6.27. The van der Waals surface area contributed by atoms with E-state index < -0.39 is 0 Å². The Bertz CT molecular complexity index is 203. The van der Waals surface area contributed by atoms with Crippen LogP contribution in [0.1, 0.15) is 33.1 Å². The molecule has 1 aliphatic heterocycles. The first-order chi connectivity index (χ1) is 7.19. The van der Waals surface area contributed by atoms with Gasteiger partial charge in [-0.1, -0.05) is 6.92 Å². The van der Waals surface area contributed by atoms with Gasteiger partial charge in [-0.3, -0.25) is 4.79 Å². The molecule has 0 aromatic carbocycles. The van der Waals surface area contributed by atoms with Crippen molar-refractivity contribution in [2.75, 3.05) is 25.4 Å². The number of hydrogen-bond acceptors (Lipinski definition) is 3. The Kier molecular flexibility index (Phi) is 5.47. The molecule has 0 spiro atoms. The third kappa shape index (κ3) is 4.03. The Hall–Kier alpha value is -0.220. The van der Waals surface area contributed by atoms with Crippen LogP contribution in [0.15, 0.2) is 0 Å². The summed E-state index contributed by atoms with van der Waals surface area (Å²) in [4.78, 5) is 11.8. The Balaban J connectivity index is 2.12. The molecular formula is C11H22N2OS. The van der Waals surface area contributed by atoms with Crippen LogP contribution in [0.5, 0.6) is 0 Å². The molecule has 1 heterocycles. The van der Waals surface area contributed by atoms with Crippen LogP contribution in [-0.4, -0.2) is 36.0 Å². The van der Waals surface area contributed by atoms with Gasteiger partial charge in [-0.25, -0.2) is 0 Å². The fourth-order valence-electron chi connectivity index (χ4n) is 1.74. The first-order valence-electron chi connectivity index (χ1n) is 5.82. The summed E-state index contributed by atoms with van der Waals surface area (Å²) in [5.74, 6) is 1.35. The highest BCUT2D eigenvalue weighted by atomic mass is 32.2. The molecule has 1 rings (SSSR count). The lowest BCUT2D eigenvalue weighted by Gasteiger charge is -2.21. The molecule has 2 N–H and O–H groups in total. The van der Waals surface area contributed by atoms with E-state index in [0.717, 1.165) is 38.2 Å². The van der Waals surface area contributed by atoms with E-state index in [2.05, 4.69) is 24.5 Å². The van der Waals surface area contributed by atoms with Gasteiger partial charge in [0, 0.05) is 6.54 Å². The zero-order chi connectivity index (χ0) is 11.1. The first-order valence-corrected chi connectivity index (χ1v) is 6.80. The molecule has 0 aromatic rings. The molecule has 88 valence electrons. The van der Waals surface area contributed by atoms with Crippen LogP contribution in [-0.2, 0) is 4.79 Å². The predicted octanol–water partition coefficient (Wildman–Crippen LogP) is 1.39. The molecule has 4 heteroatoms. The third-order valence-electron chi connectivity index (χ3n) is 2.77. The molecule has 0 aliphatic carbocycles. The van der Waals surface area contributed by atoms with Crippen molar-refractivity contribution in [1.82, 2.24) is 10.6 Å². The van der Waals surface area contributed by atoms with Gasteiger partial charge in [-0.2, -0.15) is 0 Å². The lowest BCUT2D eigenvalue weighted by atomic mass is 10.1. The zero-order valence-corrected chi connectivity index (χ0v) is 10.6. The SMILES string of the molecule is CCNCCCNC(=O)C1(C)CCCS1. The van der Waals surface area contributed by atoms with E-state index in [1.54, 1.807) is 11.8 Å². The maximum Gasteiger partial charge on any atom is 0.235 e. The van der Waals surface area contributed by atoms with Gasteiger partial charge in [-0.05, 0) is 45.0 Å². The second-order valence-electron chi connectivity index (χ2n) is 4.15. The normalized spacial score (nSPS) is 25.5. The minimum Gasteiger partial charge on any atom is -0.355 e. The summed E-state index contributed by atoms with van der Waals surface area (Å²) < 4.78 is -0.155. The molecule has 1 saturated heterocycles. The number of nitrogens with one attached hydrogen (secondary N) is 2. The minimum absolute atomic E-state index is 0.155. The molecule has 3 nitrogen and oxygen atoms in total. The van der Waals surface area contributed by atoms with Crippen molar-refractivity contribution in [3.63, 3.8) is 0 Å². The van der Waals surface area contributed by atoms with E-state index >= 15 is 0 Å². The molecule has 1 aliphatic rings. The van der Waals surface area contributed by atoms with Gasteiger partial charge >= 0.3 is 0 Å². The molecule has 1 unspecified atom stereocenters. The number of rotatable bonds is 6. The zero-order valence-electron chi connectivity index (χ0n) is 9.77. The fraction of sp³-hybridized carbons (Fsp3) is 0.909. The summed E-state index contributed by atoms with van der Waals surface area (Å²) in [7, 11) is 0. The number of carbonyl (C=O) groups is 1. The molecule has 15 heavy (non-hydrogen) atoms. The van der Waals surface area contributed by atoms with Gasteiger partial charge in [0.2, 0.25) is 5.91 Å². The van der Waals surface area contributed by atoms with Crippen LogP contribution in [0.2, 0.25) is 0 Å². The Morgan fingerprint density at radius 1 is 1.47 bits per heavy atom. The van der Waals surface area contributed by atoms with Crippen LogP contribution in [0.4, 0.5) is 0 Å². The van der Waals surface area contributed by atoms with Crippen LogP contribution < -0.4 is 10.6 Å². The standard InChI is InChI=1S/C11H22N2OS/c1-3-12-7-5-8-13-10(14)11(2)6-4-9-15-11/h12H,3-9H2,1-2H3,(H,13,14). The smallest absolute Gasteiger partial charge is 0.235 e. The predicted molar refractivity (Wildman–Crippen MR) is 66.3 cm³/mol. The van der Waals surface area contributed by atoms with E-state index in [9.17, 15) is 4.79 Å². The lowest BCUT2D eigenvalue weighted by molar-refractivity contribution is -0.123. The molecule has 0 radical (unpaired) electrons. The Morgan fingerprint density at radius 2 is 2.27 bits per heavy atom. The summed E-state index contributed by atoms with van der Waals surface area (Å²) in [6, 6.07) is 0. The number of thioether (sulfide) groups is 1. The number of hydrogen-bond donors (Lipinski definition) is 2.